The Balaban J connectivity index is 3.71. The highest BCUT2D eigenvalue weighted by molar-refractivity contribution is 7.89. The number of primary sulfonamides is 1. The standard InChI is InChI=1S/C7H8F2N2O4S/c1-15-3-2-4(12)11-7(16(10,13)14)5(3)6(8)9/h2,6H,1H3,(H,11,12)(H2,10,13,14). The van der Waals surface area contributed by atoms with Crippen molar-refractivity contribution in [1.29, 1.82) is 0 Å². The van der Waals surface area contributed by atoms with Crippen molar-refractivity contribution in [3.05, 3.63) is 22.0 Å². The van der Waals surface area contributed by atoms with Crippen molar-refractivity contribution < 1.29 is 21.9 Å². The van der Waals surface area contributed by atoms with Gasteiger partial charge in [-0.05, 0) is 0 Å². The number of hydrogen-bond donors (Lipinski definition) is 2. The van der Waals surface area contributed by atoms with Crippen molar-refractivity contribution in [2.24, 2.45) is 5.14 Å². The number of nitrogens with two attached hydrogens (primary N) is 1. The Morgan fingerprint density at radius 2 is 2.06 bits per heavy atom. The number of aromatic amines is 1. The van der Waals surface area contributed by atoms with Crippen LogP contribution in [0, 0.1) is 0 Å². The molecule has 9 heteroatoms. The van der Waals surface area contributed by atoms with Gasteiger partial charge in [-0.15, -0.1) is 0 Å². The fraction of sp³-hybridized carbons (Fsp3) is 0.286. The SMILES string of the molecule is COc1cc(=O)[nH]c(S(N)(=O)=O)c1C(F)F. The fourth-order valence-corrected chi connectivity index (χ4v) is 1.86. The fourth-order valence-electron chi connectivity index (χ4n) is 1.12. The van der Waals surface area contributed by atoms with E-state index in [0.717, 1.165) is 13.2 Å². The Morgan fingerprint density at radius 3 is 2.44 bits per heavy atom. The molecule has 0 unspecified atom stereocenters. The van der Waals surface area contributed by atoms with Crippen LogP contribution < -0.4 is 15.4 Å². The molecule has 0 atom stereocenters. The number of methoxy groups -OCH3 is 1. The van der Waals surface area contributed by atoms with E-state index < -0.39 is 38.3 Å². The molecule has 1 rings (SSSR count). The van der Waals surface area contributed by atoms with Crippen LogP contribution in [0.1, 0.15) is 12.0 Å². The van der Waals surface area contributed by atoms with E-state index in [-0.39, 0.29) is 0 Å². The van der Waals surface area contributed by atoms with Gasteiger partial charge in [0.25, 0.3) is 22.0 Å². The highest BCUT2D eigenvalue weighted by Gasteiger charge is 2.26. The second kappa shape index (κ2) is 4.18. The van der Waals surface area contributed by atoms with Gasteiger partial charge in [-0.3, -0.25) is 4.79 Å². The summed E-state index contributed by atoms with van der Waals surface area (Å²) in [5.41, 5.74) is -1.85. The number of pyridine rings is 1. The highest BCUT2D eigenvalue weighted by Crippen LogP contribution is 2.31. The number of rotatable bonds is 3. The van der Waals surface area contributed by atoms with Crippen molar-refractivity contribution in [3.8, 4) is 5.75 Å². The minimum Gasteiger partial charge on any atom is -0.496 e. The maximum absolute atomic E-state index is 12.6. The minimum atomic E-state index is -4.45. The summed E-state index contributed by atoms with van der Waals surface area (Å²) in [5, 5.41) is 3.67. The average molecular weight is 254 g/mol. The van der Waals surface area contributed by atoms with E-state index in [0.29, 0.717) is 0 Å². The average Bonchev–Trinajstić information content (AvgIpc) is 2.14. The van der Waals surface area contributed by atoms with Gasteiger partial charge in [0.05, 0.1) is 12.7 Å². The predicted octanol–water partition coefficient (Wildman–Crippen LogP) is -0.0315. The first-order chi connectivity index (χ1) is 7.27. The van der Waals surface area contributed by atoms with E-state index in [1.54, 1.807) is 4.98 Å². The van der Waals surface area contributed by atoms with Crippen LogP contribution in [0.25, 0.3) is 0 Å². The monoisotopic (exact) mass is 254 g/mol. The van der Waals surface area contributed by atoms with E-state index in [1.807, 2.05) is 0 Å². The van der Waals surface area contributed by atoms with Crippen LogP contribution in [0.3, 0.4) is 0 Å². The van der Waals surface area contributed by atoms with E-state index in [1.165, 1.54) is 0 Å². The second-order valence-corrected chi connectivity index (χ2v) is 4.29. The van der Waals surface area contributed by atoms with Crippen molar-refractivity contribution >= 4 is 10.0 Å². The van der Waals surface area contributed by atoms with Gasteiger partial charge in [0.2, 0.25) is 0 Å². The van der Waals surface area contributed by atoms with Crippen LogP contribution in [-0.2, 0) is 10.0 Å². The van der Waals surface area contributed by atoms with Crippen LogP contribution in [0.15, 0.2) is 15.9 Å². The molecule has 0 saturated heterocycles. The Kier molecular flexibility index (Phi) is 3.29. The summed E-state index contributed by atoms with van der Waals surface area (Å²) in [4.78, 5) is 12.7. The number of alkyl halides is 2. The number of nitrogens with one attached hydrogen (secondary N) is 1. The quantitative estimate of drug-likeness (QED) is 0.790. The van der Waals surface area contributed by atoms with E-state index in [2.05, 4.69) is 4.74 Å². The van der Waals surface area contributed by atoms with Gasteiger partial charge < -0.3 is 9.72 Å². The van der Waals surface area contributed by atoms with Gasteiger partial charge in [0.1, 0.15) is 5.75 Å². The number of H-pyrrole nitrogens is 1. The molecule has 16 heavy (non-hydrogen) atoms. The summed E-state index contributed by atoms with van der Waals surface area (Å²) in [6, 6.07) is 0.718. The lowest BCUT2D eigenvalue weighted by Crippen LogP contribution is -2.22. The third-order valence-corrected chi connectivity index (χ3v) is 2.62. The van der Waals surface area contributed by atoms with Crippen LogP contribution in [0.2, 0.25) is 0 Å². The smallest absolute Gasteiger partial charge is 0.270 e. The molecule has 90 valence electrons. The summed E-state index contributed by atoms with van der Waals surface area (Å²) in [5.74, 6) is -0.525. The van der Waals surface area contributed by atoms with Crippen LogP contribution in [0.5, 0.6) is 5.75 Å². The topological polar surface area (TPSA) is 102 Å². The maximum atomic E-state index is 12.6. The Bertz CT molecular complexity index is 552. The van der Waals surface area contributed by atoms with Gasteiger partial charge in [0.15, 0.2) is 5.03 Å². The number of hydrogen-bond acceptors (Lipinski definition) is 4. The number of sulfonamides is 1. The maximum Gasteiger partial charge on any atom is 0.270 e. The van der Waals surface area contributed by atoms with Crippen LogP contribution in [-0.4, -0.2) is 20.5 Å². The molecule has 6 nitrogen and oxygen atoms in total. The molecule has 0 aliphatic carbocycles. The Hall–Kier alpha value is -1.48. The van der Waals surface area contributed by atoms with Gasteiger partial charge in [0, 0.05) is 6.07 Å². The molecule has 0 aliphatic rings. The Morgan fingerprint density at radius 1 is 1.50 bits per heavy atom. The predicted molar refractivity (Wildman–Crippen MR) is 49.9 cm³/mol. The number of ether oxygens (including phenoxy) is 1. The molecule has 1 heterocycles. The van der Waals surface area contributed by atoms with E-state index >= 15 is 0 Å². The first-order valence-electron chi connectivity index (χ1n) is 3.89. The summed E-state index contributed by atoms with van der Waals surface area (Å²) in [6.07, 6.45) is -3.14. The molecule has 0 fully saturated rings. The molecule has 0 radical (unpaired) electrons. The second-order valence-electron chi connectivity index (χ2n) is 2.79. The zero-order valence-electron chi connectivity index (χ0n) is 8.03. The van der Waals surface area contributed by atoms with Crippen LogP contribution in [0.4, 0.5) is 8.78 Å². The van der Waals surface area contributed by atoms with Gasteiger partial charge in [-0.25, -0.2) is 22.3 Å². The van der Waals surface area contributed by atoms with Gasteiger partial charge in [-0.1, -0.05) is 0 Å². The molecular weight excluding hydrogens is 246 g/mol. The molecule has 0 spiro atoms. The van der Waals surface area contributed by atoms with Gasteiger partial charge in [-0.2, -0.15) is 0 Å². The van der Waals surface area contributed by atoms with Crippen LogP contribution >= 0.6 is 0 Å². The lowest BCUT2D eigenvalue weighted by molar-refractivity contribution is 0.142. The summed E-state index contributed by atoms with van der Waals surface area (Å²) >= 11 is 0. The normalized spacial score (nSPS) is 11.8. The molecule has 0 bridgehead atoms. The third-order valence-electron chi connectivity index (χ3n) is 1.73. The molecule has 0 aliphatic heterocycles. The molecule has 0 aromatic carbocycles. The molecule has 1 aromatic rings. The van der Waals surface area contributed by atoms with Crippen molar-refractivity contribution in [2.75, 3.05) is 7.11 Å². The molecular formula is C7H8F2N2O4S. The summed E-state index contributed by atoms with van der Waals surface area (Å²) in [7, 11) is -3.41. The first kappa shape index (κ1) is 12.6. The largest absolute Gasteiger partial charge is 0.496 e. The lowest BCUT2D eigenvalue weighted by Gasteiger charge is -2.10. The third kappa shape index (κ3) is 2.36. The first-order valence-corrected chi connectivity index (χ1v) is 5.44. The van der Waals surface area contributed by atoms with Crippen molar-refractivity contribution in [3.63, 3.8) is 0 Å². The zero-order valence-corrected chi connectivity index (χ0v) is 8.85. The van der Waals surface area contributed by atoms with Crippen molar-refractivity contribution in [2.45, 2.75) is 11.5 Å². The lowest BCUT2D eigenvalue weighted by atomic mass is 10.2. The number of halogens is 2. The number of aromatic nitrogens is 1. The highest BCUT2D eigenvalue weighted by atomic mass is 32.2. The minimum absolute atomic E-state index is 0.525. The Labute approximate surface area is 89.1 Å². The summed E-state index contributed by atoms with van der Waals surface area (Å²) < 4.78 is 51.7. The molecule has 1 aromatic heterocycles. The molecule has 0 saturated carbocycles. The van der Waals surface area contributed by atoms with E-state index in [4.69, 9.17) is 5.14 Å². The molecule has 3 N–H and O–H groups in total. The van der Waals surface area contributed by atoms with Crippen molar-refractivity contribution in [1.82, 2.24) is 4.98 Å². The zero-order chi connectivity index (χ0) is 12.5. The molecule has 0 amide bonds. The van der Waals surface area contributed by atoms with Gasteiger partial charge >= 0.3 is 0 Å². The van der Waals surface area contributed by atoms with E-state index in [9.17, 15) is 22.0 Å². The summed E-state index contributed by atoms with van der Waals surface area (Å²) in [6.45, 7) is 0.